The molecule has 0 bridgehead atoms. The van der Waals surface area contributed by atoms with Crippen LogP contribution in [0.5, 0.6) is 0 Å². The lowest BCUT2D eigenvalue weighted by atomic mass is 10.1. The van der Waals surface area contributed by atoms with Gasteiger partial charge in [-0.2, -0.15) is 0 Å². The van der Waals surface area contributed by atoms with Gasteiger partial charge in [0.2, 0.25) is 0 Å². The van der Waals surface area contributed by atoms with Crippen molar-refractivity contribution in [2.24, 2.45) is 0 Å². The lowest BCUT2D eigenvalue weighted by molar-refractivity contribution is 0.583. The van der Waals surface area contributed by atoms with Gasteiger partial charge in [0.25, 0.3) is 0 Å². The average molecular weight is 326 g/mol. The van der Waals surface area contributed by atoms with Crippen LogP contribution in [0.15, 0.2) is 34.8 Å². The van der Waals surface area contributed by atoms with Gasteiger partial charge in [0.1, 0.15) is 11.6 Å². The summed E-state index contributed by atoms with van der Waals surface area (Å²) in [5, 5.41) is 2.99. The highest BCUT2D eigenvalue weighted by atomic mass is 79.9. The van der Waals surface area contributed by atoms with Crippen molar-refractivity contribution in [1.82, 2.24) is 0 Å². The third kappa shape index (κ3) is 3.53. The summed E-state index contributed by atoms with van der Waals surface area (Å²) in [5.74, 6) is -1.20. The van der Waals surface area contributed by atoms with E-state index < -0.39 is 11.6 Å². The van der Waals surface area contributed by atoms with Crippen LogP contribution in [0, 0.1) is 25.5 Å². The lowest BCUT2D eigenvalue weighted by Gasteiger charge is -2.11. The zero-order valence-corrected chi connectivity index (χ0v) is 12.3. The van der Waals surface area contributed by atoms with E-state index >= 15 is 0 Å². The molecule has 2 rings (SSSR count). The molecule has 0 fully saturated rings. The fourth-order valence-electron chi connectivity index (χ4n) is 2.07. The third-order valence-corrected chi connectivity index (χ3v) is 3.38. The number of benzene rings is 2. The first kappa shape index (κ1) is 14.0. The molecule has 0 saturated carbocycles. The Morgan fingerprint density at radius 1 is 1.00 bits per heavy atom. The van der Waals surface area contributed by atoms with Crippen molar-refractivity contribution in [2.75, 3.05) is 5.32 Å². The van der Waals surface area contributed by atoms with E-state index in [1.54, 1.807) is 0 Å². The van der Waals surface area contributed by atoms with E-state index in [1.807, 2.05) is 26.0 Å². The van der Waals surface area contributed by atoms with Gasteiger partial charge in [-0.1, -0.05) is 29.3 Å². The van der Waals surface area contributed by atoms with Crippen LogP contribution in [0.2, 0.25) is 0 Å². The van der Waals surface area contributed by atoms with Crippen molar-refractivity contribution in [1.29, 1.82) is 0 Å². The molecule has 2 aromatic carbocycles. The van der Waals surface area contributed by atoms with Crippen molar-refractivity contribution in [3.05, 3.63) is 63.1 Å². The maximum absolute atomic E-state index is 13.6. The topological polar surface area (TPSA) is 12.0 Å². The second kappa shape index (κ2) is 5.70. The molecule has 2 aromatic rings. The zero-order valence-electron chi connectivity index (χ0n) is 10.7. The van der Waals surface area contributed by atoms with Crippen molar-refractivity contribution < 1.29 is 8.78 Å². The summed E-state index contributed by atoms with van der Waals surface area (Å²) in [6.07, 6.45) is 0. The van der Waals surface area contributed by atoms with Crippen LogP contribution >= 0.6 is 15.9 Å². The normalized spacial score (nSPS) is 10.6. The molecule has 100 valence electrons. The standard InChI is InChI=1S/C15H14BrF2N/c1-9-3-10(2)5-11(4-9)8-19-15-13(16)6-12(17)7-14(15)18/h3-7,19H,8H2,1-2H3. The molecule has 4 heteroatoms. The molecule has 0 radical (unpaired) electrons. The number of hydrogen-bond acceptors (Lipinski definition) is 1. The molecule has 0 heterocycles. The number of anilines is 1. The van der Waals surface area contributed by atoms with Gasteiger partial charge in [0.05, 0.1) is 5.69 Å². The van der Waals surface area contributed by atoms with E-state index in [2.05, 4.69) is 27.3 Å². The summed E-state index contributed by atoms with van der Waals surface area (Å²) in [6.45, 7) is 4.53. The SMILES string of the molecule is Cc1cc(C)cc(CNc2c(F)cc(F)cc2Br)c1. The van der Waals surface area contributed by atoms with Gasteiger partial charge < -0.3 is 5.32 Å². The first-order valence-corrected chi connectivity index (χ1v) is 6.70. The molecular weight excluding hydrogens is 312 g/mol. The molecule has 1 nitrogen and oxygen atoms in total. The maximum Gasteiger partial charge on any atom is 0.150 e. The zero-order chi connectivity index (χ0) is 14.0. The number of rotatable bonds is 3. The van der Waals surface area contributed by atoms with Crippen molar-refractivity contribution >= 4 is 21.6 Å². The van der Waals surface area contributed by atoms with Crippen molar-refractivity contribution in [3.63, 3.8) is 0 Å². The van der Waals surface area contributed by atoms with Gasteiger partial charge in [-0.05, 0) is 41.4 Å². The van der Waals surface area contributed by atoms with E-state index in [9.17, 15) is 8.78 Å². The molecular formula is C15H14BrF2N. The summed E-state index contributed by atoms with van der Waals surface area (Å²) < 4.78 is 27.0. The Hall–Kier alpha value is -1.42. The monoisotopic (exact) mass is 325 g/mol. The third-order valence-electron chi connectivity index (χ3n) is 2.76. The van der Waals surface area contributed by atoms with E-state index in [-0.39, 0.29) is 5.69 Å². The van der Waals surface area contributed by atoms with Crippen LogP contribution in [0.1, 0.15) is 16.7 Å². The summed E-state index contributed by atoms with van der Waals surface area (Å²) in [5.41, 5.74) is 3.67. The fraction of sp³-hybridized carbons (Fsp3) is 0.200. The van der Waals surface area contributed by atoms with Gasteiger partial charge in [0, 0.05) is 17.1 Å². The largest absolute Gasteiger partial charge is 0.378 e. The molecule has 0 aliphatic heterocycles. The molecule has 1 N–H and O–H groups in total. The van der Waals surface area contributed by atoms with Gasteiger partial charge >= 0.3 is 0 Å². The Morgan fingerprint density at radius 3 is 2.21 bits per heavy atom. The number of nitrogens with one attached hydrogen (secondary N) is 1. The molecule has 0 saturated heterocycles. The van der Waals surface area contributed by atoms with E-state index in [0.29, 0.717) is 11.0 Å². The quantitative estimate of drug-likeness (QED) is 0.841. The number of hydrogen-bond donors (Lipinski definition) is 1. The number of halogens is 3. The minimum absolute atomic E-state index is 0.278. The minimum Gasteiger partial charge on any atom is -0.378 e. The molecule has 0 amide bonds. The Balaban J connectivity index is 2.19. The molecule has 0 spiro atoms. The van der Waals surface area contributed by atoms with E-state index in [0.717, 1.165) is 22.8 Å². The highest BCUT2D eigenvalue weighted by molar-refractivity contribution is 9.10. The van der Waals surface area contributed by atoms with Crippen LogP contribution < -0.4 is 5.32 Å². The Labute approximate surface area is 119 Å². The van der Waals surface area contributed by atoms with Gasteiger partial charge in [-0.3, -0.25) is 0 Å². The summed E-state index contributed by atoms with van der Waals surface area (Å²) in [7, 11) is 0. The summed E-state index contributed by atoms with van der Waals surface area (Å²) in [6, 6.07) is 8.27. The van der Waals surface area contributed by atoms with Crippen LogP contribution in [-0.2, 0) is 6.54 Å². The molecule has 0 aromatic heterocycles. The van der Waals surface area contributed by atoms with Gasteiger partial charge in [-0.25, -0.2) is 8.78 Å². The second-order valence-electron chi connectivity index (χ2n) is 4.59. The average Bonchev–Trinajstić information content (AvgIpc) is 2.25. The fourth-order valence-corrected chi connectivity index (χ4v) is 2.62. The van der Waals surface area contributed by atoms with Crippen LogP contribution in [0.3, 0.4) is 0 Å². The van der Waals surface area contributed by atoms with E-state index in [1.165, 1.54) is 6.07 Å². The molecule has 0 atom stereocenters. The predicted molar refractivity (Wildman–Crippen MR) is 77.3 cm³/mol. The Kier molecular flexibility index (Phi) is 4.20. The van der Waals surface area contributed by atoms with Gasteiger partial charge in [0.15, 0.2) is 0 Å². The molecule has 0 aliphatic carbocycles. The summed E-state index contributed by atoms with van der Waals surface area (Å²) in [4.78, 5) is 0. The second-order valence-corrected chi connectivity index (χ2v) is 5.45. The Morgan fingerprint density at radius 2 is 1.63 bits per heavy atom. The molecule has 0 unspecified atom stereocenters. The Bertz CT molecular complexity index is 568. The lowest BCUT2D eigenvalue weighted by Crippen LogP contribution is -2.03. The predicted octanol–water partition coefficient (Wildman–Crippen LogP) is 4.96. The highest BCUT2D eigenvalue weighted by Gasteiger charge is 2.09. The maximum atomic E-state index is 13.6. The highest BCUT2D eigenvalue weighted by Crippen LogP contribution is 2.27. The van der Waals surface area contributed by atoms with Crippen LogP contribution in [0.25, 0.3) is 0 Å². The summed E-state index contributed by atoms with van der Waals surface area (Å²) >= 11 is 3.16. The van der Waals surface area contributed by atoms with Crippen LogP contribution in [0.4, 0.5) is 14.5 Å². The minimum atomic E-state index is -0.601. The van der Waals surface area contributed by atoms with Crippen molar-refractivity contribution in [3.8, 4) is 0 Å². The van der Waals surface area contributed by atoms with Crippen molar-refractivity contribution in [2.45, 2.75) is 20.4 Å². The van der Waals surface area contributed by atoms with Crippen LogP contribution in [-0.4, -0.2) is 0 Å². The van der Waals surface area contributed by atoms with E-state index in [4.69, 9.17) is 0 Å². The first-order chi connectivity index (χ1) is 8.95. The number of aryl methyl sites for hydroxylation is 2. The molecule has 19 heavy (non-hydrogen) atoms. The molecule has 0 aliphatic rings. The van der Waals surface area contributed by atoms with Gasteiger partial charge in [-0.15, -0.1) is 0 Å². The first-order valence-electron chi connectivity index (χ1n) is 5.91. The smallest absolute Gasteiger partial charge is 0.150 e.